The first-order chi connectivity index (χ1) is 9.09. The summed E-state index contributed by atoms with van der Waals surface area (Å²) in [5.74, 6) is 0. The second-order valence-corrected chi connectivity index (χ2v) is 4.98. The normalized spacial score (nSPS) is 29.1. The van der Waals surface area contributed by atoms with E-state index in [-0.39, 0.29) is 11.7 Å². The molecular weight excluding hydrogens is 246 g/mol. The maximum Gasteiger partial charge on any atom is 0.235 e. The molecule has 0 heterocycles. The molecule has 0 spiro atoms. The van der Waals surface area contributed by atoms with Gasteiger partial charge in [-0.1, -0.05) is 0 Å². The van der Waals surface area contributed by atoms with E-state index in [9.17, 15) is 9.59 Å². The average molecular weight is 267 g/mol. The third-order valence-electron chi connectivity index (χ3n) is 4.02. The summed E-state index contributed by atoms with van der Waals surface area (Å²) in [7, 11) is 5.53. The smallest absolute Gasteiger partial charge is 0.235 e. The highest BCUT2D eigenvalue weighted by Crippen LogP contribution is 2.35. The van der Waals surface area contributed by atoms with Gasteiger partial charge in [-0.2, -0.15) is 0 Å². The van der Waals surface area contributed by atoms with Crippen molar-refractivity contribution >= 4 is 12.2 Å². The zero-order chi connectivity index (χ0) is 14.4. The van der Waals surface area contributed by atoms with Gasteiger partial charge in [0.1, 0.15) is 0 Å². The van der Waals surface area contributed by atoms with Crippen molar-refractivity contribution in [3.8, 4) is 0 Å². The van der Waals surface area contributed by atoms with Crippen molar-refractivity contribution in [2.75, 3.05) is 27.7 Å². The largest absolute Gasteiger partial charge is 0.312 e. The van der Waals surface area contributed by atoms with E-state index in [1.54, 1.807) is 12.2 Å². The second kappa shape index (κ2) is 6.70. The van der Waals surface area contributed by atoms with Gasteiger partial charge in [-0.3, -0.25) is 0 Å². The van der Waals surface area contributed by atoms with Gasteiger partial charge in [0.15, 0.2) is 0 Å². The van der Waals surface area contributed by atoms with Crippen LogP contribution in [0.25, 0.3) is 0 Å². The Morgan fingerprint density at radius 3 is 2.26 bits per heavy atom. The second-order valence-electron chi connectivity index (χ2n) is 4.98. The Kier molecular flexibility index (Phi) is 5.54. The van der Waals surface area contributed by atoms with Crippen LogP contribution in [-0.4, -0.2) is 57.1 Å². The zero-order valence-electron chi connectivity index (χ0n) is 11.6. The molecule has 1 aliphatic rings. The van der Waals surface area contributed by atoms with Crippen LogP contribution < -0.4 is 16.0 Å². The van der Waals surface area contributed by atoms with Crippen molar-refractivity contribution in [3.63, 3.8) is 0 Å². The summed E-state index contributed by atoms with van der Waals surface area (Å²) in [6.45, 7) is 0.309. The fourth-order valence-electron chi connectivity index (χ4n) is 2.89. The molecule has 0 aliphatic heterocycles. The Labute approximate surface area is 113 Å². The molecule has 1 fully saturated rings. The molecule has 2 atom stereocenters. The van der Waals surface area contributed by atoms with Crippen LogP contribution in [0.2, 0.25) is 0 Å². The molecule has 0 aromatic heterocycles. The summed E-state index contributed by atoms with van der Waals surface area (Å²) in [5, 5.41) is 9.70. The number of hydrogen-bond donors (Lipinski definition) is 3. The number of nitrogens with one attached hydrogen (secondary N) is 3. The lowest BCUT2D eigenvalue weighted by atomic mass is 9.73. The van der Waals surface area contributed by atoms with Crippen LogP contribution >= 0.6 is 0 Å². The van der Waals surface area contributed by atoms with E-state index in [4.69, 9.17) is 0 Å². The van der Waals surface area contributed by atoms with Gasteiger partial charge in [-0.05, 0) is 34.0 Å². The Morgan fingerprint density at radius 1 is 1.11 bits per heavy atom. The zero-order valence-corrected chi connectivity index (χ0v) is 11.6. The van der Waals surface area contributed by atoms with Gasteiger partial charge in [0.05, 0.1) is 18.2 Å². The summed E-state index contributed by atoms with van der Waals surface area (Å²) in [6.07, 6.45) is 5.24. The van der Waals surface area contributed by atoms with Crippen LogP contribution in [0.15, 0.2) is 9.98 Å². The van der Waals surface area contributed by atoms with Gasteiger partial charge >= 0.3 is 0 Å². The molecule has 19 heavy (non-hydrogen) atoms. The van der Waals surface area contributed by atoms with Crippen molar-refractivity contribution in [3.05, 3.63) is 0 Å². The summed E-state index contributed by atoms with van der Waals surface area (Å²) < 4.78 is 0. The fraction of sp³-hybridized carbons (Fsp3) is 0.833. The molecule has 0 amide bonds. The first-order valence-electron chi connectivity index (χ1n) is 6.26. The van der Waals surface area contributed by atoms with Gasteiger partial charge in [-0.15, -0.1) is 0 Å². The van der Waals surface area contributed by atoms with E-state index in [0.717, 1.165) is 6.42 Å². The van der Waals surface area contributed by atoms with Gasteiger partial charge in [-0.25, -0.2) is 19.6 Å². The molecule has 1 aliphatic carbocycles. The van der Waals surface area contributed by atoms with Gasteiger partial charge in [0.25, 0.3) is 0 Å². The summed E-state index contributed by atoms with van der Waals surface area (Å²) in [4.78, 5) is 28.5. The molecule has 2 unspecified atom stereocenters. The Balaban J connectivity index is 3.08. The lowest BCUT2D eigenvalue weighted by Gasteiger charge is -2.49. The van der Waals surface area contributed by atoms with E-state index < -0.39 is 5.54 Å². The minimum atomic E-state index is -0.396. The Hall–Kier alpha value is -1.36. The van der Waals surface area contributed by atoms with E-state index >= 15 is 0 Å². The number of aliphatic imine (C=N–C) groups is 2. The topological polar surface area (TPSA) is 95.0 Å². The van der Waals surface area contributed by atoms with E-state index in [0.29, 0.717) is 19.4 Å². The third-order valence-corrected chi connectivity index (χ3v) is 4.02. The van der Waals surface area contributed by atoms with Gasteiger partial charge in [0.2, 0.25) is 12.2 Å². The SMILES string of the molecule is CNC1(CN=C=O)CC(N=C=O)CC(NC)(NC)C1. The molecule has 0 aromatic rings. The minimum absolute atomic E-state index is 0.166. The molecule has 106 valence electrons. The molecule has 3 N–H and O–H groups in total. The van der Waals surface area contributed by atoms with E-state index in [1.165, 1.54) is 0 Å². The van der Waals surface area contributed by atoms with Crippen molar-refractivity contribution < 1.29 is 9.59 Å². The van der Waals surface area contributed by atoms with Gasteiger partial charge < -0.3 is 16.0 Å². The molecule has 0 bridgehead atoms. The van der Waals surface area contributed by atoms with Crippen molar-refractivity contribution in [2.24, 2.45) is 9.98 Å². The Bertz CT molecular complexity index is 397. The first-order valence-corrected chi connectivity index (χ1v) is 6.26. The van der Waals surface area contributed by atoms with E-state index in [1.807, 2.05) is 21.1 Å². The minimum Gasteiger partial charge on any atom is -0.312 e. The number of hydrogen-bond acceptors (Lipinski definition) is 7. The summed E-state index contributed by atoms with van der Waals surface area (Å²) >= 11 is 0. The monoisotopic (exact) mass is 267 g/mol. The third kappa shape index (κ3) is 3.56. The maximum atomic E-state index is 10.5. The lowest BCUT2D eigenvalue weighted by molar-refractivity contribution is 0.105. The highest BCUT2D eigenvalue weighted by Gasteiger charge is 2.46. The van der Waals surface area contributed by atoms with Crippen LogP contribution in [0.3, 0.4) is 0 Å². The number of isocyanates is 2. The molecule has 0 saturated heterocycles. The predicted octanol–water partition coefficient (Wildman–Crippen LogP) is -0.696. The molecule has 1 saturated carbocycles. The molecular formula is C12H21N5O2. The van der Waals surface area contributed by atoms with Crippen LogP contribution in [0.1, 0.15) is 19.3 Å². The quantitative estimate of drug-likeness (QED) is 0.336. The van der Waals surface area contributed by atoms with Crippen LogP contribution in [0.5, 0.6) is 0 Å². The summed E-state index contributed by atoms with van der Waals surface area (Å²) in [6, 6.07) is -0.166. The highest BCUT2D eigenvalue weighted by molar-refractivity contribution is 5.35. The number of rotatable bonds is 6. The number of nitrogens with zero attached hydrogens (tertiary/aromatic N) is 2. The summed E-state index contributed by atoms with van der Waals surface area (Å²) in [5.41, 5.74) is -0.753. The van der Waals surface area contributed by atoms with Crippen LogP contribution in [0, 0.1) is 0 Å². The lowest BCUT2D eigenvalue weighted by Crippen LogP contribution is -2.67. The van der Waals surface area contributed by atoms with E-state index in [2.05, 4.69) is 25.9 Å². The molecule has 7 heteroatoms. The van der Waals surface area contributed by atoms with Crippen molar-refractivity contribution in [2.45, 2.75) is 36.5 Å². The maximum absolute atomic E-state index is 10.5. The Morgan fingerprint density at radius 2 is 1.79 bits per heavy atom. The first kappa shape index (κ1) is 15.7. The molecule has 7 nitrogen and oxygen atoms in total. The van der Waals surface area contributed by atoms with Crippen LogP contribution in [0.4, 0.5) is 0 Å². The highest BCUT2D eigenvalue weighted by atomic mass is 16.1. The van der Waals surface area contributed by atoms with Crippen molar-refractivity contribution in [1.29, 1.82) is 0 Å². The number of carbonyl (C=O) groups excluding carboxylic acids is 2. The standard InChI is InChI=1S/C12H21N5O2/c1-13-11(7-16-8-18)4-10(17-9-19)5-12(6-11,14-2)15-3/h10,13-15H,4-7H2,1-3H3. The molecule has 1 rings (SSSR count). The molecule has 0 aromatic carbocycles. The fourth-order valence-corrected chi connectivity index (χ4v) is 2.89. The predicted molar refractivity (Wildman–Crippen MR) is 71.4 cm³/mol. The molecule has 0 radical (unpaired) electrons. The van der Waals surface area contributed by atoms with Crippen LogP contribution in [-0.2, 0) is 9.59 Å². The average Bonchev–Trinajstić information content (AvgIpc) is 2.45. The van der Waals surface area contributed by atoms with Crippen molar-refractivity contribution in [1.82, 2.24) is 16.0 Å². The van der Waals surface area contributed by atoms with Gasteiger partial charge in [0, 0.05) is 12.0 Å². The number of likely N-dealkylation sites (N-methyl/N-ethyl adjacent to an activating group) is 1.